The first-order valence-corrected chi connectivity index (χ1v) is 12.1. The van der Waals surface area contributed by atoms with Gasteiger partial charge >= 0.3 is 10.8 Å². The fraction of sp³-hybridized carbons (Fsp3) is 0.455. The SMILES string of the molecule is Cc1ccccc1[C@@H]1c2sc(=O)[nH]c2S[C@@H]2[C@H]3C[C@@H]([C@@H]4C(=O)N(CC(=O)O)C(=O)[C@H]34)[C@@H]12. The van der Waals surface area contributed by atoms with Crippen molar-refractivity contribution < 1.29 is 19.5 Å². The monoisotopic (exact) mass is 456 g/mol. The third kappa shape index (κ3) is 2.53. The number of carboxylic acid groups (broad SMARTS) is 1. The first-order valence-electron chi connectivity index (χ1n) is 10.4. The van der Waals surface area contributed by atoms with Gasteiger partial charge in [-0.05, 0) is 42.2 Å². The number of carbonyl (C=O) groups is 3. The number of hydrogen-bond acceptors (Lipinski definition) is 6. The van der Waals surface area contributed by atoms with E-state index in [-0.39, 0.29) is 45.6 Å². The highest BCUT2D eigenvalue weighted by Crippen LogP contribution is 2.68. The summed E-state index contributed by atoms with van der Waals surface area (Å²) >= 11 is 2.88. The Kier molecular flexibility index (Phi) is 4.08. The summed E-state index contributed by atoms with van der Waals surface area (Å²) in [6.07, 6.45) is 0.803. The van der Waals surface area contributed by atoms with Crippen LogP contribution < -0.4 is 4.87 Å². The molecule has 0 radical (unpaired) electrons. The molecule has 3 fully saturated rings. The van der Waals surface area contributed by atoms with Crippen molar-refractivity contribution in [3.63, 3.8) is 0 Å². The number of H-pyrrole nitrogens is 1. The van der Waals surface area contributed by atoms with E-state index in [1.807, 2.05) is 12.1 Å². The first kappa shape index (κ1) is 19.3. The maximum absolute atomic E-state index is 13.1. The number of benzene rings is 1. The van der Waals surface area contributed by atoms with Crippen molar-refractivity contribution in [1.29, 1.82) is 0 Å². The molecule has 2 aliphatic heterocycles. The van der Waals surface area contributed by atoms with E-state index in [9.17, 15) is 24.3 Å². The largest absolute Gasteiger partial charge is 0.480 e. The molecular weight excluding hydrogens is 436 g/mol. The molecule has 31 heavy (non-hydrogen) atoms. The molecule has 0 unspecified atom stereocenters. The van der Waals surface area contributed by atoms with Gasteiger partial charge in [-0.1, -0.05) is 35.6 Å². The molecule has 7 atom stereocenters. The third-order valence-electron chi connectivity index (χ3n) is 7.63. The van der Waals surface area contributed by atoms with E-state index in [2.05, 4.69) is 24.0 Å². The fourth-order valence-corrected chi connectivity index (χ4v) is 9.53. The number of hydrogen-bond donors (Lipinski definition) is 2. The zero-order chi connectivity index (χ0) is 21.6. The minimum atomic E-state index is -1.17. The summed E-state index contributed by atoms with van der Waals surface area (Å²) < 4.78 is 0. The lowest BCUT2D eigenvalue weighted by Gasteiger charge is -2.43. The van der Waals surface area contributed by atoms with Crippen LogP contribution in [0.3, 0.4) is 0 Å². The van der Waals surface area contributed by atoms with E-state index >= 15 is 0 Å². The van der Waals surface area contributed by atoms with Gasteiger partial charge in [0.05, 0.1) is 16.9 Å². The van der Waals surface area contributed by atoms with Gasteiger partial charge in [0.1, 0.15) is 6.54 Å². The van der Waals surface area contributed by atoms with Crippen LogP contribution >= 0.6 is 23.1 Å². The number of aromatic nitrogens is 1. The maximum Gasteiger partial charge on any atom is 0.323 e. The van der Waals surface area contributed by atoms with Gasteiger partial charge in [-0.25, -0.2) is 0 Å². The fourth-order valence-electron chi connectivity index (χ4n) is 6.65. The Morgan fingerprint density at radius 2 is 1.87 bits per heavy atom. The number of nitrogens with one attached hydrogen (secondary N) is 1. The zero-order valence-electron chi connectivity index (χ0n) is 16.6. The quantitative estimate of drug-likeness (QED) is 0.687. The van der Waals surface area contributed by atoms with E-state index in [0.717, 1.165) is 32.4 Å². The Balaban J connectivity index is 1.47. The number of aliphatic carboxylic acids is 1. The van der Waals surface area contributed by atoms with Crippen LogP contribution in [0.2, 0.25) is 0 Å². The van der Waals surface area contributed by atoms with Gasteiger partial charge < -0.3 is 10.1 Å². The van der Waals surface area contributed by atoms with Crippen LogP contribution in [0.4, 0.5) is 0 Å². The van der Waals surface area contributed by atoms with Crippen LogP contribution in [0.25, 0.3) is 0 Å². The Morgan fingerprint density at radius 3 is 2.58 bits per heavy atom. The summed E-state index contributed by atoms with van der Waals surface area (Å²) in [6, 6.07) is 8.16. The van der Waals surface area contributed by atoms with Crippen molar-refractivity contribution in [2.45, 2.75) is 29.5 Å². The van der Waals surface area contributed by atoms with E-state index in [4.69, 9.17) is 0 Å². The zero-order valence-corrected chi connectivity index (χ0v) is 18.2. The van der Waals surface area contributed by atoms with Crippen LogP contribution in [0, 0.1) is 36.5 Å². The summed E-state index contributed by atoms with van der Waals surface area (Å²) in [4.78, 5) is 54.5. The highest BCUT2D eigenvalue weighted by molar-refractivity contribution is 8.00. The Labute approximate surface area is 185 Å². The average molecular weight is 457 g/mol. The number of amides is 2. The van der Waals surface area contributed by atoms with Gasteiger partial charge in [0.2, 0.25) is 11.8 Å². The average Bonchev–Trinajstić information content (AvgIpc) is 3.44. The summed E-state index contributed by atoms with van der Waals surface area (Å²) in [5.41, 5.74) is 2.31. The molecule has 1 aromatic heterocycles. The first-order chi connectivity index (χ1) is 14.9. The number of thiazole rings is 1. The number of likely N-dealkylation sites (tertiary alicyclic amines) is 1. The number of aryl methyl sites for hydroxylation is 1. The molecule has 3 heterocycles. The standard InChI is InChI=1S/C22H20N2O5S2/c1-8-4-2-3-5-9(8)13-14-10-6-11(17(14)30-19-18(13)31-22(29)23-19)16-15(10)20(27)24(21(16)28)7-12(25)26/h2-5,10-11,13-17H,6-7H2,1H3,(H,23,29)(H,25,26)/t10-,11+,13+,14+,15+,16-,17-/m1/s1. The van der Waals surface area contributed by atoms with Gasteiger partial charge in [-0.3, -0.25) is 24.1 Å². The molecule has 1 saturated heterocycles. The third-order valence-corrected chi connectivity index (χ3v) is 10.2. The van der Waals surface area contributed by atoms with Crippen LogP contribution in [0.1, 0.15) is 28.3 Å². The van der Waals surface area contributed by atoms with Crippen molar-refractivity contribution in [3.8, 4) is 0 Å². The molecule has 2 amide bonds. The highest BCUT2D eigenvalue weighted by Gasteiger charge is 2.69. The van der Waals surface area contributed by atoms with Gasteiger partial charge in [0.25, 0.3) is 0 Å². The minimum Gasteiger partial charge on any atom is -0.480 e. The molecule has 160 valence electrons. The van der Waals surface area contributed by atoms with Gasteiger partial charge in [-0.15, -0.1) is 11.8 Å². The van der Waals surface area contributed by atoms with E-state index in [1.54, 1.807) is 11.8 Å². The lowest BCUT2D eigenvalue weighted by Crippen LogP contribution is -2.42. The number of rotatable bonds is 3. The van der Waals surface area contributed by atoms with Crippen molar-refractivity contribution in [2.24, 2.45) is 29.6 Å². The second kappa shape index (κ2) is 6.56. The molecule has 2 aromatic rings. The second-order valence-electron chi connectivity index (χ2n) is 8.97. The van der Waals surface area contributed by atoms with Gasteiger partial charge in [0, 0.05) is 16.0 Å². The van der Waals surface area contributed by atoms with Crippen LogP contribution in [-0.4, -0.2) is 44.6 Å². The molecule has 4 aliphatic rings. The van der Waals surface area contributed by atoms with Crippen molar-refractivity contribution in [2.75, 3.05) is 6.54 Å². The Hall–Kier alpha value is -2.39. The smallest absolute Gasteiger partial charge is 0.323 e. The van der Waals surface area contributed by atoms with Gasteiger partial charge in [0.15, 0.2) is 0 Å². The van der Waals surface area contributed by atoms with Crippen LogP contribution in [0.15, 0.2) is 34.1 Å². The minimum absolute atomic E-state index is 0.00113. The molecule has 7 nitrogen and oxygen atoms in total. The van der Waals surface area contributed by atoms with Crippen molar-refractivity contribution >= 4 is 40.9 Å². The predicted molar refractivity (Wildman–Crippen MR) is 114 cm³/mol. The molecule has 1 aromatic carbocycles. The number of carboxylic acids is 1. The van der Waals surface area contributed by atoms with E-state index < -0.39 is 24.3 Å². The molecule has 6 rings (SSSR count). The number of imide groups is 1. The Morgan fingerprint density at radius 1 is 1.16 bits per heavy atom. The summed E-state index contributed by atoms with van der Waals surface area (Å²) in [5, 5.41) is 10.2. The molecule has 2 N–H and O–H groups in total. The normalized spacial score (nSPS) is 35.3. The molecule has 2 aliphatic carbocycles. The van der Waals surface area contributed by atoms with Gasteiger partial charge in [-0.2, -0.15) is 0 Å². The van der Waals surface area contributed by atoms with Crippen LogP contribution in [-0.2, 0) is 14.4 Å². The lowest BCUT2D eigenvalue weighted by molar-refractivity contribution is -0.149. The van der Waals surface area contributed by atoms with Crippen LogP contribution in [0.5, 0.6) is 0 Å². The Bertz CT molecular complexity index is 1200. The number of thioether (sulfide) groups is 1. The highest BCUT2D eigenvalue weighted by atomic mass is 32.2. The topological polar surface area (TPSA) is 108 Å². The second-order valence-corrected chi connectivity index (χ2v) is 11.2. The number of nitrogens with zero attached hydrogens (tertiary/aromatic N) is 1. The summed E-state index contributed by atoms with van der Waals surface area (Å²) in [6.45, 7) is 1.50. The summed E-state index contributed by atoms with van der Waals surface area (Å²) in [5.74, 6) is -2.54. The maximum atomic E-state index is 13.1. The molecule has 9 heteroatoms. The van der Waals surface area contributed by atoms with E-state index in [1.165, 1.54) is 11.3 Å². The lowest BCUT2D eigenvalue weighted by atomic mass is 9.67. The number of aromatic amines is 1. The molecule has 0 spiro atoms. The van der Waals surface area contributed by atoms with Crippen molar-refractivity contribution in [3.05, 3.63) is 49.9 Å². The molecular formula is C22H20N2O5S2. The number of carbonyl (C=O) groups excluding carboxylic acids is 2. The summed E-state index contributed by atoms with van der Waals surface area (Å²) in [7, 11) is 0. The van der Waals surface area contributed by atoms with Crippen molar-refractivity contribution in [1.82, 2.24) is 9.88 Å². The molecule has 2 saturated carbocycles. The molecule has 2 bridgehead atoms. The van der Waals surface area contributed by atoms with E-state index in [0.29, 0.717) is 0 Å². The number of fused-ring (bicyclic) bond motifs is 9. The predicted octanol–water partition coefficient (Wildman–Crippen LogP) is 2.30.